The minimum Gasteiger partial charge on any atom is -0.338 e. The molecule has 5 heteroatoms. The Morgan fingerprint density at radius 2 is 2.07 bits per heavy atom. The summed E-state index contributed by atoms with van der Waals surface area (Å²) in [5.74, 6) is 0.297. The summed E-state index contributed by atoms with van der Waals surface area (Å²) in [5, 5.41) is 5.66. The average molecular weight is 384 g/mol. The number of hydrogen-bond acceptors (Lipinski definition) is 4. The molecule has 0 radical (unpaired) electrons. The minimum atomic E-state index is 0.297. The molecule has 144 valence electrons. The number of piperazine rings is 1. The summed E-state index contributed by atoms with van der Waals surface area (Å²) in [4.78, 5) is 18.8. The predicted octanol–water partition coefficient (Wildman–Crippen LogP) is 3.23. The van der Waals surface area contributed by atoms with Crippen LogP contribution >= 0.6 is 11.3 Å². The zero-order valence-corrected chi connectivity index (χ0v) is 16.9. The Labute approximate surface area is 166 Å². The van der Waals surface area contributed by atoms with E-state index in [9.17, 15) is 4.79 Å². The number of rotatable bonds is 5. The molecule has 1 saturated heterocycles. The number of benzene rings is 1. The second-order valence-corrected chi connectivity index (χ2v) is 8.54. The Hall–Kier alpha value is -1.69. The van der Waals surface area contributed by atoms with E-state index in [4.69, 9.17) is 0 Å². The second-order valence-electron chi connectivity index (χ2n) is 7.54. The fourth-order valence-corrected chi connectivity index (χ4v) is 5.07. The standard InChI is InChI=1S/C22H29N3OS/c1-2-17-3-5-18(6-4-17)20-15-23-10-13-24(20)12-8-22(26)25-11-7-21-19(16-25)9-14-27-21/h3-6,9,14,20,23H,2,7-8,10-13,15-16H2,1H3. The quantitative estimate of drug-likeness (QED) is 0.861. The van der Waals surface area contributed by atoms with E-state index in [-0.39, 0.29) is 0 Å². The Balaban J connectivity index is 1.36. The molecule has 1 fully saturated rings. The van der Waals surface area contributed by atoms with Crippen molar-refractivity contribution in [1.29, 1.82) is 0 Å². The van der Waals surface area contributed by atoms with E-state index in [0.717, 1.165) is 52.1 Å². The van der Waals surface area contributed by atoms with Crippen molar-refractivity contribution in [3.63, 3.8) is 0 Å². The zero-order valence-electron chi connectivity index (χ0n) is 16.1. The molecule has 0 aliphatic carbocycles. The van der Waals surface area contributed by atoms with Gasteiger partial charge in [0, 0.05) is 56.6 Å². The number of nitrogens with zero attached hydrogens (tertiary/aromatic N) is 2. The van der Waals surface area contributed by atoms with Gasteiger partial charge in [0.15, 0.2) is 0 Å². The van der Waals surface area contributed by atoms with Crippen molar-refractivity contribution in [1.82, 2.24) is 15.1 Å². The molecule has 27 heavy (non-hydrogen) atoms. The van der Waals surface area contributed by atoms with Gasteiger partial charge in [-0.25, -0.2) is 0 Å². The molecule has 2 aliphatic rings. The third-order valence-corrected chi connectivity index (χ3v) is 6.92. The first-order valence-electron chi connectivity index (χ1n) is 10.1. The Morgan fingerprint density at radius 3 is 2.89 bits per heavy atom. The molecule has 0 saturated carbocycles. The normalized spacial score (nSPS) is 20.5. The first-order chi connectivity index (χ1) is 13.2. The molecule has 1 unspecified atom stereocenters. The van der Waals surface area contributed by atoms with E-state index < -0.39 is 0 Å². The lowest BCUT2D eigenvalue weighted by Gasteiger charge is -2.37. The fourth-order valence-electron chi connectivity index (χ4n) is 4.18. The minimum absolute atomic E-state index is 0.297. The summed E-state index contributed by atoms with van der Waals surface area (Å²) in [7, 11) is 0. The maximum absolute atomic E-state index is 12.8. The molecule has 1 amide bonds. The molecule has 1 N–H and O–H groups in total. The molecule has 1 atom stereocenters. The molecule has 1 aromatic heterocycles. The average Bonchev–Trinajstić information content (AvgIpc) is 3.20. The van der Waals surface area contributed by atoms with Gasteiger partial charge in [0.1, 0.15) is 0 Å². The van der Waals surface area contributed by atoms with Crippen molar-refractivity contribution in [3.05, 3.63) is 57.3 Å². The molecular weight excluding hydrogens is 354 g/mol. The smallest absolute Gasteiger partial charge is 0.224 e. The van der Waals surface area contributed by atoms with E-state index in [2.05, 4.69) is 52.9 Å². The van der Waals surface area contributed by atoms with Crippen molar-refractivity contribution >= 4 is 17.2 Å². The number of hydrogen-bond donors (Lipinski definition) is 1. The first kappa shape index (κ1) is 18.7. The van der Waals surface area contributed by atoms with Crippen molar-refractivity contribution in [2.75, 3.05) is 32.7 Å². The van der Waals surface area contributed by atoms with E-state index >= 15 is 0 Å². The Bertz CT molecular complexity index is 770. The van der Waals surface area contributed by atoms with Gasteiger partial charge < -0.3 is 10.2 Å². The molecule has 0 spiro atoms. The molecular formula is C22H29N3OS. The number of amides is 1. The van der Waals surface area contributed by atoms with Gasteiger partial charge in [0.05, 0.1) is 0 Å². The number of fused-ring (bicyclic) bond motifs is 1. The molecule has 4 rings (SSSR count). The van der Waals surface area contributed by atoms with Gasteiger partial charge in [0.2, 0.25) is 5.91 Å². The van der Waals surface area contributed by atoms with Crippen LogP contribution < -0.4 is 5.32 Å². The van der Waals surface area contributed by atoms with Gasteiger partial charge >= 0.3 is 0 Å². The molecule has 0 bridgehead atoms. The van der Waals surface area contributed by atoms with Gasteiger partial charge in [0.25, 0.3) is 0 Å². The third kappa shape index (κ3) is 4.26. The SMILES string of the molecule is CCc1ccc(C2CNCCN2CCC(=O)N2CCc3sccc3C2)cc1. The lowest BCUT2D eigenvalue weighted by molar-refractivity contribution is -0.132. The van der Waals surface area contributed by atoms with E-state index in [0.29, 0.717) is 18.4 Å². The predicted molar refractivity (Wildman–Crippen MR) is 111 cm³/mol. The number of thiophene rings is 1. The van der Waals surface area contributed by atoms with Crippen LogP contribution in [-0.4, -0.2) is 48.4 Å². The van der Waals surface area contributed by atoms with E-state index in [1.165, 1.54) is 21.6 Å². The summed E-state index contributed by atoms with van der Waals surface area (Å²) in [6, 6.07) is 11.5. The van der Waals surface area contributed by atoms with Crippen LogP contribution in [0, 0.1) is 0 Å². The summed E-state index contributed by atoms with van der Waals surface area (Å²) >= 11 is 1.82. The lowest BCUT2D eigenvalue weighted by Crippen LogP contribution is -2.47. The third-order valence-electron chi connectivity index (χ3n) is 5.90. The van der Waals surface area contributed by atoms with Gasteiger partial charge in [-0.15, -0.1) is 11.3 Å². The number of carbonyl (C=O) groups is 1. The van der Waals surface area contributed by atoms with Crippen LogP contribution in [0.2, 0.25) is 0 Å². The molecule has 2 aliphatic heterocycles. The van der Waals surface area contributed by atoms with Gasteiger partial charge in [-0.2, -0.15) is 0 Å². The maximum Gasteiger partial charge on any atom is 0.224 e. The van der Waals surface area contributed by atoms with Crippen molar-refractivity contribution < 1.29 is 4.79 Å². The largest absolute Gasteiger partial charge is 0.338 e. The van der Waals surface area contributed by atoms with Crippen molar-refractivity contribution in [2.24, 2.45) is 0 Å². The van der Waals surface area contributed by atoms with Gasteiger partial charge in [-0.05, 0) is 41.0 Å². The highest BCUT2D eigenvalue weighted by molar-refractivity contribution is 7.10. The van der Waals surface area contributed by atoms with E-state index in [1.807, 2.05) is 16.2 Å². The summed E-state index contributed by atoms with van der Waals surface area (Å²) in [6.07, 6.45) is 2.70. The van der Waals surface area contributed by atoms with Gasteiger partial charge in [-0.3, -0.25) is 9.69 Å². The number of carbonyl (C=O) groups excluding carboxylic acids is 1. The van der Waals surface area contributed by atoms with Crippen LogP contribution in [-0.2, 0) is 24.2 Å². The Morgan fingerprint density at radius 1 is 1.22 bits per heavy atom. The van der Waals surface area contributed by atoms with Crippen LogP contribution in [0.3, 0.4) is 0 Å². The number of nitrogens with one attached hydrogen (secondary N) is 1. The van der Waals surface area contributed by atoms with Crippen molar-refractivity contribution in [2.45, 2.75) is 38.8 Å². The van der Waals surface area contributed by atoms with Crippen LogP contribution in [0.1, 0.15) is 41.0 Å². The fraction of sp³-hybridized carbons (Fsp3) is 0.500. The molecule has 3 heterocycles. The summed E-state index contributed by atoms with van der Waals surface area (Å²) < 4.78 is 0. The maximum atomic E-state index is 12.8. The highest BCUT2D eigenvalue weighted by Gasteiger charge is 2.26. The summed E-state index contributed by atoms with van der Waals surface area (Å²) in [6.45, 7) is 7.66. The monoisotopic (exact) mass is 383 g/mol. The summed E-state index contributed by atoms with van der Waals surface area (Å²) in [5.41, 5.74) is 4.07. The lowest BCUT2D eigenvalue weighted by atomic mass is 10.0. The van der Waals surface area contributed by atoms with Gasteiger partial charge in [-0.1, -0.05) is 31.2 Å². The topological polar surface area (TPSA) is 35.6 Å². The zero-order chi connectivity index (χ0) is 18.6. The van der Waals surface area contributed by atoms with E-state index in [1.54, 1.807) is 0 Å². The first-order valence-corrected chi connectivity index (χ1v) is 11.0. The number of aryl methyl sites for hydroxylation is 1. The second kappa shape index (κ2) is 8.55. The molecule has 4 nitrogen and oxygen atoms in total. The van der Waals surface area contributed by atoms with Crippen molar-refractivity contribution in [3.8, 4) is 0 Å². The molecule has 2 aromatic rings. The Kier molecular flexibility index (Phi) is 5.91. The highest BCUT2D eigenvalue weighted by Crippen LogP contribution is 2.26. The highest BCUT2D eigenvalue weighted by atomic mass is 32.1. The van der Waals surface area contributed by atoms with Crippen LogP contribution in [0.5, 0.6) is 0 Å². The van der Waals surface area contributed by atoms with Crippen LogP contribution in [0.4, 0.5) is 0 Å². The molecule has 1 aromatic carbocycles. The van der Waals surface area contributed by atoms with Crippen LogP contribution in [0.25, 0.3) is 0 Å². The van der Waals surface area contributed by atoms with Crippen LogP contribution in [0.15, 0.2) is 35.7 Å².